The van der Waals surface area contributed by atoms with E-state index >= 15 is 0 Å². The highest BCUT2D eigenvalue weighted by Crippen LogP contribution is 2.07. The van der Waals surface area contributed by atoms with Crippen molar-refractivity contribution in [2.45, 2.75) is 13.3 Å². The van der Waals surface area contributed by atoms with Crippen molar-refractivity contribution >= 4 is 29.5 Å². The van der Waals surface area contributed by atoms with Crippen LogP contribution in [-0.4, -0.2) is 31.1 Å². The van der Waals surface area contributed by atoms with E-state index < -0.39 is 0 Å². The fourth-order valence-corrected chi connectivity index (χ4v) is 2.02. The largest absolute Gasteiger partial charge is 0.252 e. The number of rotatable bonds is 3. The third-order valence-corrected chi connectivity index (χ3v) is 3.07. The van der Waals surface area contributed by atoms with Gasteiger partial charge in [-0.1, -0.05) is 19.1 Å². The quantitative estimate of drug-likeness (QED) is 0.592. The minimum Gasteiger partial charge on any atom is -0.252 e. The molecular weight excluding hydrogens is 272 g/mol. The highest BCUT2D eigenvalue weighted by atomic mass is 32.1. The molecule has 0 unspecified atom stereocenters. The predicted molar refractivity (Wildman–Crippen MR) is 79.3 cm³/mol. The van der Waals surface area contributed by atoms with Crippen LogP contribution in [0.1, 0.15) is 18.4 Å². The average Bonchev–Trinajstić information content (AvgIpc) is 2.85. The van der Waals surface area contributed by atoms with Crippen molar-refractivity contribution in [3.8, 4) is 0 Å². The van der Waals surface area contributed by atoms with Crippen LogP contribution in [0.3, 0.4) is 0 Å². The first-order chi connectivity index (χ1) is 9.78. The maximum absolute atomic E-state index is 5.13. The summed E-state index contributed by atoms with van der Waals surface area (Å²) < 4.78 is 2.05. The van der Waals surface area contributed by atoms with Crippen molar-refractivity contribution in [1.29, 1.82) is 0 Å². The van der Waals surface area contributed by atoms with Crippen LogP contribution in [-0.2, 0) is 6.42 Å². The number of aryl methyl sites for hydroxylation is 1. The Labute approximate surface area is 120 Å². The zero-order chi connectivity index (χ0) is 13.9. The van der Waals surface area contributed by atoms with Crippen molar-refractivity contribution in [3.63, 3.8) is 0 Å². The molecule has 1 N–H and O–H groups in total. The summed E-state index contributed by atoms with van der Waals surface area (Å²) in [6.07, 6.45) is 4.05. The van der Waals surface area contributed by atoms with Crippen LogP contribution in [0.15, 0.2) is 35.6 Å². The molecule has 0 spiro atoms. The number of hydrogen-bond acceptors (Lipinski definition) is 5. The summed E-state index contributed by atoms with van der Waals surface area (Å²) in [5.74, 6) is 0.778. The number of nitrogens with zero attached hydrogens (tertiary/aromatic N) is 5. The van der Waals surface area contributed by atoms with Crippen molar-refractivity contribution in [3.05, 3.63) is 46.8 Å². The van der Waals surface area contributed by atoms with Gasteiger partial charge >= 0.3 is 0 Å². The molecule has 0 aliphatic heterocycles. The van der Waals surface area contributed by atoms with Crippen LogP contribution in [0.25, 0.3) is 11.0 Å². The highest BCUT2D eigenvalue weighted by molar-refractivity contribution is 7.71. The molecule has 0 aliphatic rings. The summed E-state index contributed by atoms with van der Waals surface area (Å²) >= 11 is 5.13. The van der Waals surface area contributed by atoms with Gasteiger partial charge in [0.1, 0.15) is 5.69 Å². The number of nitrogens with one attached hydrogen (secondary N) is 1. The lowest BCUT2D eigenvalue weighted by atomic mass is 10.3. The van der Waals surface area contributed by atoms with Gasteiger partial charge < -0.3 is 0 Å². The molecule has 3 aromatic rings. The fourth-order valence-electron chi connectivity index (χ4n) is 1.82. The van der Waals surface area contributed by atoms with Crippen molar-refractivity contribution in [2.24, 2.45) is 5.10 Å². The van der Waals surface area contributed by atoms with Gasteiger partial charge in [0.2, 0.25) is 4.77 Å². The van der Waals surface area contributed by atoms with Crippen molar-refractivity contribution in [2.75, 3.05) is 0 Å². The van der Waals surface area contributed by atoms with Crippen LogP contribution in [0.5, 0.6) is 0 Å². The van der Waals surface area contributed by atoms with Crippen LogP contribution in [0, 0.1) is 4.77 Å². The van der Waals surface area contributed by atoms with E-state index in [1.807, 2.05) is 31.2 Å². The second kappa shape index (κ2) is 5.30. The lowest BCUT2D eigenvalue weighted by Crippen LogP contribution is -1.98. The molecule has 100 valence electrons. The van der Waals surface area contributed by atoms with E-state index in [0.29, 0.717) is 10.5 Å². The summed E-state index contributed by atoms with van der Waals surface area (Å²) in [4.78, 5) is 8.80. The molecule has 1 aromatic carbocycles. The van der Waals surface area contributed by atoms with Gasteiger partial charge in [0.05, 0.1) is 23.4 Å². The third-order valence-electron chi connectivity index (χ3n) is 2.81. The predicted octanol–water partition coefficient (Wildman–Crippen LogP) is 2.33. The van der Waals surface area contributed by atoms with E-state index in [0.717, 1.165) is 23.3 Å². The van der Waals surface area contributed by atoms with Crippen molar-refractivity contribution < 1.29 is 0 Å². The maximum atomic E-state index is 5.13. The minimum absolute atomic E-state index is 0.465. The van der Waals surface area contributed by atoms with E-state index in [2.05, 4.69) is 25.3 Å². The van der Waals surface area contributed by atoms with Gasteiger partial charge in [0.15, 0.2) is 5.82 Å². The Morgan fingerprint density at radius 3 is 2.95 bits per heavy atom. The molecular formula is C13H12N6S. The van der Waals surface area contributed by atoms with E-state index in [4.69, 9.17) is 12.2 Å². The van der Waals surface area contributed by atoms with Gasteiger partial charge in [-0.3, -0.25) is 10.1 Å². The first kappa shape index (κ1) is 12.6. The van der Waals surface area contributed by atoms with Crippen LogP contribution >= 0.6 is 12.2 Å². The van der Waals surface area contributed by atoms with E-state index in [1.54, 1.807) is 17.1 Å². The molecule has 0 atom stereocenters. The number of aromatic amines is 1. The standard InChI is InChI=1S/C13H12N6S/c1-2-12-17-18-13(20)19(12)15-8-9-7-14-10-5-3-4-6-11(10)16-9/h3-8H,2H2,1H3,(H,18,20)/b15-8-. The number of fused-ring (bicyclic) bond motifs is 1. The lowest BCUT2D eigenvalue weighted by molar-refractivity contribution is 0.779. The molecule has 3 rings (SSSR count). The molecule has 0 aliphatic carbocycles. The van der Waals surface area contributed by atoms with Crippen LogP contribution in [0.2, 0.25) is 0 Å². The summed E-state index contributed by atoms with van der Waals surface area (Å²) in [5.41, 5.74) is 2.37. The molecule has 0 amide bonds. The Morgan fingerprint density at radius 1 is 1.35 bits per heavy atom. The number of H-pyrrole nitrogens is 1. The molecule has 2 aromatic heterocycles. The Bertz CT molecular complexity index is 832. The monoisotopic (exact) mass is 284 g/mol. The number of hydrogen-bond donors (Lipinski definition) is 1. The summed E-state index contributed by atoms with van der Waals surface area (Å²) in [5, 5.41) is 11.1. The van der Waals surface area contributed by atoms with Gasteiger partial charge in [-0.2, -0.15) is 14.9 Å². The zero-order valence-corrected chi connectivity index (χ0v) is 11.6. The molecule has 7 heteroatoms. The van der Waals surface area contributed by atoms with E-state index in [1.165, 1.54) is 0 Å². The van der Waals surface area contributed by atoms with Gasteiger partial charge in [0, 0.05) is 6.42 Å². The minimum atomic E-state index is 0.465. The van der Waals surface area contributed by atoms with Gasteiger partial charge in [-0.25, -0.2) is 4.98 Å². The van der Waals surface area contributed by atoms with E-state index in [-0.39, 0.29) is 0 Å². The number of para-hydroxylation sites is 2. The molecule has 0 saturated heterocycles. The number of benzene rings is 1. The SMILES string of the molecule is CCc1n[nH]c(=S)n1/N=C\c1cnc2ccccc2n1. The zero-order valence-electron chi connectivity index (χ0n) is 10.8. The first-order valence-electron chi connectivity index (χ1n) is 6.20. The molecule has 0 fully saturated rings. The molecule has 0 bridgehead atoms. The Balaban J connectivity index is 1.98. The Kier molecular flexibility index (Phi) is 3.34. The molecule has 6 nitrogen and oxygen atoms in total. The van der Waals surface area contributed by atoms with Crippen LogP contribution in [0.4, 0.5) is 0 Å². The number of aromatic nitrogens is 5. The fraction of sp³-hybridized carbons (Fsp3) is 0.154. The second-order valence-corrected chi connectivity index (χ2v) is 4.53. The molecule has 0 radical (unpaired) electrons. The first-order valence-corrected chi connectivity index (χ1v) is 6.61. The third kappa shape index (κ3) is 2.35. The highest BCUT2D eigenvalue weighted by Gasteiger charge is 2.02. The molecule has 20 heavy (non-hydrogen) atoms. The van der Waals surface area contributed by atoms with Gasteiger partial charge in [0.25, 0.3) is 0 Å². The Hall–Kier alpha value is -2.41. The summed E-state index contributed by atoms with van der Waals surface area (Å²) in [7, 11) is 0. The maximum Gasteiger partial charge on any atom is 0.216 e. The summed E-state index contributed by atoms with van der Waals surface area (Å²) in [6.45, 7) is 1.99. The lowest BCUT2D eigenvalue weighted by Gasteiger charge is -1.98. The van der Waals surface area contributed by atoms with Gasteiger partial charge in [-0.05, 0) is 24.4 Å². The second-order valence-electron chi connectivity index (χ2n) is 4.14. The summed E-state index contributed by atoms with van der Waals surface area (Å²) in [6, 6.07) is 7.70. The van der Waals surface area contributed by atoms with Crippen LogP contribution < -0.4 is 0 Å². The van der Waals surface area contributed by atoms with E-state index in [9.17, 15) is 0 Å². The molecule has 2 heterocycles. The topological polar surface area (TPSA) is 71.8 Å². The average molecular weight is 284 g/mol. The smallest absolute Gasteiger partial charge is 0.216 e. The van der Waals surface area contributed by atoms with Crippen molar-refractivity contribution in [1.82, 2.24) is 24.8 Å². The normalized spacial score (nSPS) is 11.4. The molecule has 0 saturated carbocycles. The Morgan fingerprint density at radius 2 is 2.15 bits per heavy atom. The van der Waals surface area contributed by atoms with Gasteiger partial charge in [-0.15, -0.1) is 0 Å².